The van der Waals surface area contributed by atoms with Gasteiger partial charge < -0.3 is 19.8 Å². The summed E-state index contributed by atoms with van der Waals surface area (Å²) in [4.78, 5) is 24.0. The first kappa shape index (κ1) is 33.5. The van der Waals surface area contributed by atoms with E-state index in [0.717, 1.165) is 25.7 Å². The number of carboxylic acid groups (broad SMARTS) is 2. The standard InChI is InChI=1S/C18H34O7S.2Na/c1-4-7-9-11-13-17(15(19)20,14-12-10-8-5-2)18(6-3,16(21)22)26(23,24)25;;/h4-14H2,1-3H3,(H,19,20)(H,21,22)(H,23,24,25);;/q;2*+1/p-2. The Morgan fingerprint density at radius 2 is 1.18 bits per heavy atom. The van der Waals surface area contributed by atoms with Gasteiger partial charge in [-0.3, -0.25) is 4.55 Å². The molecule has 0 saturated heterocycles. The summed E-state index contributed by atoms with van der Waals surface area (Å²) in [5.74, 6) is -3.84. The summed E-state index contributed by atoms with van der Waals surface area (Å²) in [6, 6.07) is 0. The van der Waals surface area contributed by atoms with E-state index in [9.17, 15) is 32.8 Å². The fourth-order valence-electron chi connectivity index (χ4n) is 3.82. The van der Waals surface area contributed by atoms with Gasteiger partial charge in [0.05, 0.1) is 5.97 Å². The van der Waals surface area contributed by atoms with Crippen LogP contribution in [-0.4, -0.2) is 29.7 Å². The van der Waals surface area contributed by atoms with Gasteiger partial charge in [0.1, 0.15) is 4.75 Å². The molecular formula is C18H32Na2O7S. The normalized spacial score (nSPS) is 13.7. The summed E-state index contributed by atoms with van der Waals surface area (Å²) in [6.45, 7) is 5.16. The van der Waals surface area contributed by atoms with Gasteiger partial charge >= 0.3 is 59.1 Å². The van der Waals surface area contributed by atoms with Gasteiger partial charge in [0.2, 0.25) is 0 Å². The second-order valence-electron chi connectivity index (χ2n) is 6.93. The summed E-state index contributed by atoms with van der Waals surface area (Å²) in [5.41, 5.74) is -2.23. The number of aliphatic carboxylic acids is 2. The molecule has 0 heterocycles. The molecule has 0 aliphatic rings. The SMILES string of the molecule is CCCCCCC(CCCCCC)(C(=O)[O-])C(CC)(C(=O)[O-])S(=O)(=O)O.[Na+].[Na+]. The molecule has 28 heavy (non-hydrogen) atoms. The van der Waals surface area contributed by atoms with Gasteiger partial charge in [0.15, 0.2) is 0 Å². The van der Waals surface area contributed by atoms with Gasteiger partial charge in [-0.1, -0.05) is 72.1 Å². The molecule has 1 N–H and O–H groups in total. The number of hydrogen-bond donors (Lipinski definition) is 1. The van der Waals surface area contributed by atoms with Crippen molar-refractivity contribution in [1.29, 1.82) is 0 Å². The van der Waals surface area contributed by atoms with Gasteiger partial charge in [-0.25, -0.2) is 0 Å². The van der Waals surface area contributed by atoms with Crippen LogP contribution in [0.15, 0.2) is 0 Å². The van der Waals surface area contributed by atoms with E-state index >= 15 is 0 Å². The van der Waals surface area contributed by atoms with E-state index in [1.54, 1.807) is 0 Å². The van der Waals surface area contributed by atoms with E-state index in [1.807, 2.05) is 13.8 Å². The molecular weight excluding hydrogens is 406 g/mol. The largest absolute Gasteiger partial charge is 1.00 e. The molecule has 0 aromatic heterocycles. The monoisotopic (exact) mass is 438 g/mol. The van der Waals surface area contributed by atoms with Crippen molar-refractivity contribution in [2.45, 2.75) is 96.1 Å². The number of hydrogen-bond acceptors (Lipinski definition) is 6. The third kappa shape index (κ3) is 7.84. The van der Waals surface area contributed by atoms with Crippen molar-refractivity contribution in [2.24, 2.45) is 5.41 Å². The van der Waals surface area contributed by atoms with Gasteiger partial charge in [-0.15, -0.1) is 0 Å². The molecule has 0 fully saturated rings. The van der Waals surface area contributed by atoms with Crippen LogP contribution in [0.4, 0.5) is 0 Å². The number of carboxylic acids is 2. The molecule has 1 unspecified atom stereocenters. The number of carbonyl (C=O) groups excluding carboxylic acids is 2. The fourth-order valence-corrected chi connectivity index (χ4v) is 5.17. The second-order valence-corrected chi connectivity index (χ2v) is 8.58. The van der Waals surface area contributed by atoms with Gasteiger partial charge in [0, 0.05) is 11.4 Å². The first-order valence-electron chi connectivity index (χ1n) is 9.47. The van der Waals surface area contributed by atoms with E-state index < -0.39 is 38.6 Å². The molecule has 0 bridgehead atoms. The van der Waals surface area contributed by atoms with Crippen molar-refractivity contribution in [3.05, 3.63) is 0 Å². The Balaban J connectivity index is -0.00000312. The average Bonchev–Trinajstić information content (AvgIpc) is 2.53. The Bertz CT molecular complexity index is 554. The van der Waals surface area contributed by atoms with E-state index in [4.69, 9.17) is 0 Å². The number of carbonyl (C=O) groups is 2. The minimum absolute atomic E-state index is 0. The van der Waals surface area contributed by atoms with Crippen molar-refractivity contribution < 1.29 is 91.9 Å². The maximum Gasteiger partial charge on any atom is 1.00 e. The van der Waals surface area contributed by atoms with Crippen LogP contribution in [0.5, 0.6) is 0 Å². The molecule has 1 atom stereocenters. The van der Waals surface area contributed by atoms with Gasteiger partial charge in [-0.05, 0) is 19.3 Å². The Morgan fingerprint density at radius 1 is 0.786 bits per heavy atom. The third-order valence-electron chi connectivity index (χ3n) is 5.35. The maximum atomic E-state index is 12.1. The molecule has 0 radical (unpaired) electrons. The zero-order chi connectivity index (χ0) is 20.4. The third-order valence-corrected chi connectivity index (χ3v) is 7.07. The molecule has 0 aliphatic heterocycles. The summed E-state index contributed by atoms with van der Waals surface area (Å²) < 4.78 is 31.0. The molecule has 0 aromatic carbocycles. The first-order chi connectivity index (χ1) is 12.1. The number of rotatable bonds is 15. The molecule has 154 valence electrons. The van der Waals surface area contributed by atoms with Crippen LogP contribution >= 0.6 is 0 Å². The predicted molar refractivity (Wildman–Crippen MR) is 94.5 cm³/mol. The van der Waals surface area contributed by atoms with Crippen LogP contribution in [0, 0.1) is 5.41 Å². The van der Waals surface area contributed by atoms with Crippen molar-refractivity contribution >= 4 is 22.1 Å². The van der Waals surface area contributed by atoms with Crippen molar-refractivity contribution in [1.82, 2.24) is 0 Å². The van der Waals surface area contributed by atoms with Crippen LogP contribution in [0.1, 0.15) is 91.4 Å². The van der Waals surface area contributed by atoms with Crippen LogP contribution in [0.2, 0.25) is 0 Å². The Kier molecular flexibility index (Phi) is 18.7. The Labute approximate surface area is 213 Å². The number of unbranched alkanes of at least 4 members (excludes halogenated alkanes) is 6. The molecule has 7 nitrogen and oxygen atoms in total. The van der Waals surface area contributed by atoms with Gasteiger partial charge in [-0.2, -0.15) is 8.42 Å². The molecule has 0 aromatic rings. The van der Waals surface area contributed by atoms with Crippen LogP contribution in [0.3, 0.4) is 0 Å². The van der Waals surface area contributed by atoms with Crippen molar-refractivity contribution in [3.63, 3.8) is 0 Å². The Hall–Kier alpha value is 0.850. The summed E-state index contributed by atoms with van der Waals surface area (Å²) in [5, 5.41) is 24.0. The first-order valence-corrected chi connectivity index (χ1v) is 10.9. The van der Waals surface area contributed by atoms with Crippen LogP contribution in [-0.2, 0) is 19.7 Å². The minimum atomic E-state index is -5.25. The molecule has 0 spiro atoms. The average molecular weight is 438 g/mol. The zero-order valence-corrected chi connectivity index (χ0v) is 22.9. The van der Waals surface area contributed by atoms with Crippen LogP contribution < -0.4 is 69.3 Å². The zero-order valence-electron chi connectivity index (χ0n) is 18.1. The Morgan fingerprint density at radius 3 is 1.39 bits per heavy atom. The van der Waals surface area contributed by atoms with Crippen LogP contribution in [0.25, 0.3) is 0 Å². The van der Waals surface area contributed by atoms with Gasteiger partial charge in [0.25, 0.3) is 10.1 Å². The summed E-state index contributed by atoms with van der Waals surface area (Å²) in [6.07, 6.45) is 4.34. The molecule has 10 heteroatoms. The van der Waals surface area contributed by atoms with Crippen molar-refractivity contribution in [2.75, 3.05) is 0 Å². The predicted octanol–water partition coefficient (Wildman–Crippen LogP) is -4.54. The fraction of sp³-hybridized carbons (Fsp3) is 0.889. The second kappa shape index (κ2) is 15.6. The molecule has 0 amide bonds. The molecule has 0 rings (SSSR count). The van der Waals surface area contributed by atoms with E-state index in [2.05, 4.69) is 0 Å². The minimum Gasteiger partial charge on any atom is -0.549 e. The van der Waals surface area contributed by atoms with E-state index in [1.165, 1.54) is 6.92 Å². The van der Waals surface area contributed by atoms with E-state index in [0.29, 0.717) is 25.7 Å². The molecule has 0 aliphatic carbocycles. The molecule has 0 saturated carbocycles. The summed E-state index contributed by atoms with van der Waals surface area (Å²) in [7, 11) is -5.25. The topological polar surface area (TPSA) is 135 Å². The smallest absolute Gasteiger partial charge is 0.549 e. The van der Waals surface area contributed by atoms with E-state index in [-0.39, 0.29) is 72.0 Å². The maximum absolute atomic E-state index is 12.1. The quantitative estimate of drug-likeness (QED) is 0.155. The van der Waals surface area contributed by atoms with Crippen molar-refractivity contribution in [3.8, 4) is 0 Å². The summed E-state index contributed by atoms with van der Waals surface area (Å²) >= 11 is 0.